The Balaban J connectivity index is 2.01. The highest BCUT2D eigenvalue weighted by molar-refractivity contribution is 8.00. The van der Waals surface area contributed by atoms with Crippen molar-refractivity contribution in [3.63, 3.8) is 0 Å². The summed E-state index contributed by atoms with van der Waals surface area (Å²) in [5.74, 6) is 0.476. The van der Waals surface area contributed by atoms with Crippen LogP contribution in [-0.2, 0) is 11.2 Å². The largest absolute Gasteiger partial charge is 0.348 e. The van der Waals surface area contributed by atoms with E-state index in [4.69, 9.17) is 4.98 Å². The molecule has 1 N–H and O–H groups in total. The van der Waals surface area contributed by atoms with Gasteiger partial charge in [-0.05, 0) is 30.4 Å². The molecule has 2 aromatic heterocycles. The third kappa shape index (κ3) is 4.73. The molecule has 3 rings (SSSR count). The van der Waals surface area contributed by atoms with Crippen molar-refractivity contribution in [2.24, 2.45) is 5.92 Å². The number of hydrogen-bond donors (Lipinski definition) is 1. The van der Waals surface area contributed by atoms with Gasteiger partial charge in [-0.15, -0.1) is 11.3 Å². The van der Waals surface area contributed by atoms with Crippen LogP contribution in [0.4, 0.5) is 0 Å². The van der Waals surface area contributed by atoms with Crippen LogP contribution in [0.15, 0.2) is 40.3 Å². The monoisotopic (exact) mass is 429 g/mol. The van der Waals surface area contributed by atoms with Crippen LogP contribution in [0.2, 0.25) is 0 Å². The van der Waals surface area contributed by atoms with E-state index in [9.17, 15) is 9.59 Å². The molecule has 0 aliphatic carbocycles. The number of aryl methyl sites for hydroxylation is 1. The van der Waals surface area contributed by atoms with Gasteiger partial charge in [-0.3, -0.25) is 9.59 Å². The van der Waals surface area contributed by atoms with E-state index in [2.05, 4.69) is 25.8 Å². The third-order valence-corrected chi connectivity index (χ3v) is 7.25. The fourth-order valence-electron chi connectivity index (χ4n) is 3.18. The van der Waals surface area contributed by atoms with Crippen LogP contribution in [-0.4, -0.2) is 34.9 Å². The molecule has 0 bridgehead atoms. The second kappa shape index (κ2) is 9.13. The lowest BCUT2D eigenvalue weighted by Gasteiger charge is -2.20. The first-order valence-corrected chi connectivity index (χ1v) is 11.5. The molecule has 0 spiro atoms. The van der Waals surface area contributed by atoms with E-state index in [1.165, 1.54) is 11.8 Å². The summed E-state index contributed by atoms with van der Waals surface area (Å²) < 4.78 is 0. The van der Waals surface area contributed by atoms with Gasteiger partial charge in [-0.25, -0.2) is 4.98 Å². The van der Waals surface area contributed by atoms with Gasteiger partial charge in [0, 0.05) is 19.0 Å². The molecule has 7 heteroatoms. The number of H-pyrrole nitrogens is 1. The number of thioether (sulfide) groups is 1. The van der Waals surface area contributed by atoms with Crippen molar-refractivity contribution in [3.8, 4) is 0 Å². The summed E-state index contributed by atoms with van der Waals surface area (Å²) in [5.41, 5.74) is 1.87. The summed E-state index contributed by atoms with van der Waals surface area (Å²) in [7, 11) is 3.48. The number of benzene rings is 1. The lowest BCUT2D eigenvalue weighted by molar-refractivity contribution is -0.128. The summed E-state index contributed by atoms with van der Waals surface area (Å²) in [5, 5.41) is 0.711. The Morgan fingerprint density at radius 1 is 1.28 bits per heavy atom. The smallest absolute Gasteiger partial charge is 0.260 e. The van der Waals surface area contributed by atoms with E-state index < -0.39 is 5.25 Å². The van der Waals surface area contributed by atoms with E-state index in [-0.39, 0.29) is 11.5 Å². The molecule has 29 heavy (non-hydrogen) atoms. The first-order valence-electron chi connectivity index (χ1n) is 9.76. The number of aromatic nitrogens is 2. The minimum atomic E-state index is -0.465. The number of fused-ring (bicyclic) bond motifs is 1. The fourth-order valence-corrected chi connectivity index (χ4v) is 5.42. The number of rotatable bonds is 7. The van der Waals surface area contributed by atoms with Crippen LogP contribution < -0.4 is 5.56 Å². The molecule has 3 aromatic rings. The molecule has 0 saturated heterocycles. The molecule has 1 aromatic carbocycles. The quantitative estimate of drug-likeness (QED) is 0.433. The first-order chi connectivity index (χ1) is 13.8. The lowest BCUT2D eigenvalue weighted by Crippen LogP contribution is -2.27. The Kier molecular flexibility index (Phi) is 6.80. The number of nitrogens with zero attached hydrogens (tertiary/aromatic N) is 2. The molecule has 1 amide bonds. The summed E-state index contributed by atoms with van der Waals surface area (Å²) in [6.07, 6.45) is 1.95. The van der Waals surface area contributed by atoms with Crippen molar-refractivity contribution in [2.75, 3.05) is 14.1 Å². The molecule has 0 radical (unpaired) electrons. The van der Waals surface area contributed by atoms with Crippen molar-refractivity contribution in [1.82, 2.24) is 14.9 Å². The van der Waals surface area contributed by atoms with Crippen molar-refractivity contribution >= 4 is 39.2 Å². The van der Waals surface area contributed by atoms with Crippen molar-refractivity contribution in [2.45, 2.75) is 44.0 Å². The summed E-state index contributed by atoms with van der Waals surface area (Å²) in [4.78, 5) is 36.8. The van der Waals surface area contributed by atoms with Crippen LogP contribution >= 0.6 is 23.1 Å². The molecule has 0 saturated carbocycles. The van der Waals surface area contributed by atoms with Gasteiger partial charge in [0.2, 0.25) is 5.91 Å². The number of carbonyl (C=O) groups excluding carboxylic acids is 1. The predicted molar refractivity (Wildman–Crippen MR) is 122 cm³/mol. The minimum absolute atomic E-state index is 0.0382. The van der Waals surface area contributed by atoms with E-state index in [1.54, 1.807) is 30.3 Å². The van der Waals surface area contributed by atoms with Gasteiger partial charge in [0.15, 0.2) is 5.16 Å². The van der Waals surface area contributed by atoms with Gasteiger partial charge >= 0.3 is 0 Å². The van der Waals surface area contributed by atoms with Gasteiger partial charge < -0.3 is 9.88 Å². The number of likely N-dealkylation sites (N-methyl/N-ethyl adjacent to an activating group) is 1. The maximum atomic E-state index is 12.9. The van der Waals surface area contributed by atoms with Crippen LogP contribution in [0.3, 0.4) is 0 Å². The highest BCUT2D eigenvalue weighted by Gasteiger charge is 2.25. The number of hydrogen-bond acceptors (Lipinski definition) is 5. The van der Waals surface area contributed by atoms with Gasteiger partial charge in [0.05, 0.1) is 5.39 Å². The Labute approximate surface area is 179 Å². The minimum Gasteiger partial charge on any atom is -0.348 e. The normalized spacial score (nSPS) is 13.4. The number of carbonyl (C=O) groups is 1. The number of amides is 1. The number of nitrogens with one attached hydrogen (secondary N) is 1. The maximum Gasteiger partial charge on any atom is 0.260 e. The van der Waals surface area contributed by atoms with Gasteiger partial charge in [0.25, 0.3) is 5.56 Å². The zero-order valence-corrected chi connectivity index (χ0v) is 19.1. The van der Waals surface area contributed by atoms with Crippen LogP contribution in [0.1, 0.15) is 41.5 Å². The van der Waals surface area contributed by atoms with Crippen molar-refractivity contribution < 1.29 is 4.79 Å². The van der Waals surface area contributed by atoms with Gasteiger partial charge in [-0.2, -0.15) is 0 Å². The van der Waals surface area contributed by atoms with Crippen molar-refractivity contribution in [1.29, 1.82) is 0 Å². The molecule has 154 valence electrons. The number of aromatic amines is 1. The Bertz CT molecular complexity index is 1060. The van der Waals surface area contributed by atoms with Crippen molar-refractivity contribution in [3.05, 3.63) is 56.7 Å². The molecular weight excluding hydrogens is 402 g/mol. The zero-order chi connectivity index (χ0) is 21.1. The summed E-state index contributed by atoms with van der Waals surface area (Å²) in [6, 6.07) is 9.60. The van der Waals surface area contributed by atoms with Crippen LogP contribution in [0, 0.1) is 12.8 Å². The summed E-state index contributed by atoms with van der Waals surface area (Å²) >= 11 is 2.85. The third-order valence-electron chi connectivity index (χ3n) is 5.09. The first kappa shape index (κ1) is 21.6. The fraction of sp³-hybridized carbons (Fsp3) is 0.409. The lowest BCUT2D eigenvalue weighted by atomic mass is 9.98. The number of thiophene rings is 1. The average Bonchev–Trinajstić information content (AvgIpc) is 3.01. The van der Waals surface area contributed by atoms with Gasteiger partial charge in [0.1, 0.15) is 10.1 Å². The van der Waals surface area contributed by atoms with Gasteiger partial charge in [-0.1, -0.05) is 62.4 Å². The average molecular weight is 430 g/mol. The maximum absolute atomic E-state index is 12.9. The molecule has 2 heterocycles. The van der Waals surface area contributed by atoms with E-state index in [1.807, 2.05) is 30.3 Å². The Morgan fingerprint density at radius 3 is 2.59 bits per heavy atom. The molecule has 0 aliphatic rings. The van der Waals surface area contributed by atoms with Crippen LogP contribution in [0.25, 0.3) is 10.2 Å². The molecule has 0 aliphatic heterocycles. The molecule has 0 unspecified atom stereocenters. The molecule has 0 fully saturated rings. The van der Waals surface area contributed by atoms with E-state index in [0.29, 0.717) is 16.5 Å². The molecule has 5 nitrogen and oxygen atoms in total. The molecular formula is C22H27N3O2S2. The van der Waals surface area contributed by atoms with Crippen LogP contribution in [0.5, 0.6) is 0 Å². The zero-order valence-electron chi connectivity index (χ0n) is 17.5. The molecule has 2 atom stereocenters. The second-order valence-corrected chi connectivity index (χ2v) is 9.84. The Hall–Kier alpha value is -2.12. The standard InChI is InChI=1S/C22H27N3O2S2/c1-6-13(2)12-16-14(3)28-20-17(16)19(26)23-22(24-20)29-18(21(27)25(4)5)15-10-8-7-9-11-15/h7-11,13,18H,6,12H2,1-5H3,(H,23,24,26)/t13-,18+/m0/s1. The highest BCUT2D eigenvalue weighted by atomic mass is 32.2. The summed E-state index contributed by atoms with van der Waals surface area (Å²) in [6.45, 7) is 6.42. The Morgan fingerprint density at radius 2 is 1.97 bits per heavy atom. The second-order valence-electron chi connectivity index (χ2n) is 7.55. The topological polar surface area (TPSA) is 66.1 Å². The highest BCUT2D eigenvalue weighted by Crippen LogP contribution is 2.36. The van der Waals surface area contributed by atoms with E-state index in [0.717, 1.165) is 33.7 Å². The van der Waals surface area contributed by atoms with E-state index >= 15 is 0 Å². The SMILES string of the molecule is CC[C@H](C)Cc1c(C)sc2nc(S[C@@H](C(=O)N(C)C)c3ccccc3)[nH]c(=O)c12. The predicted octanol–water partition coefficient (Wildman–Crippen LogP) is 4.80.